The maximum absolute atomic E-state index is 10.9. The fourth-order valence-corrected chi connectivity index (χ4v) is 1.45. The minimum absolute atomic E-state index is 0.166. The zero-order valence-electron chi connectivity index (χ0n) is 9.87. The number of aryl methyl sites for hydroxylation is 1. The summed E-state index contributed by atoms with van der Waals surface area (Å²) in [6, 6.07) is 9.74. The molecule has 0 unspecified atom stereocenters. The second-order valence-electron chi connectivity index (χ2n) is 4.54. The minimum Gasteiger partial charge on any atom is -0.343 e. The fourth-order valence-electron chi connectivity index (χ4n) is 1.45. The lowest BCUT2D eigenvalue weighted by atomic mass is 9.84. The first kappa shape index (κ1) is 12.3. The molecule has 0 atom stereocenters. The van der Waals surface area contributed by atoms with E-state index < -0.39 is 5.91 Å². The third kappa shape index (κ3) is 3.09. The Balaban J connectivity index is 2.74. The highest BCUT2D eigenvalue weighted by atomic mass is 16.1. The molecule has 1 N–H and O–H groups in total. The predicted molar refractivity (Wildman–Crippen MR) is 62.8 cm³/mol. The highest BCUT2D eigenvalue weighted by Crippen LogP contribution is 2.22. The van der Waals surface area contributed by atoms with Gasteiger partial charge in [0.25, 0.3) is 0 Å². The van der Waals surface area contributed by atoms with Crippen LogP contribution in [0.3, 0.4) is 0 Å². The zero-order valence-corrected chi connectivity index (χ0v) is 9.87. The van der Waals surface area contributed by atoms with Gasteiger partial charge in [-0.25, -0.2) is 0 Å². The van der Waals surface area contributed by atoms with Crippen LogP contribution in [0.5, 0.6) is 0 Å². The number of rotatable bonds is 3. The van der Waals surface area contributed by atoms with E-state index in [0.717, 1.165) is 5.56 Å². The smallest absolute Gasteiger partial charge is 0.322 e. The molecule has 0 heterocycles. The number of nitriles is 1. The van der Waals surface area contributed by atoms with Crippen molar-refractivity contribution < 1.29 is 4.79 Å². The molecule has 0 radical (unpaired) electrons. The molecule has 0 bridgehead atoms. The minimum atomic E-state index is -0.583. The number of benzene rings is 1. The molecule has 0 aliphatic carbocycles. The maximum atomic E-state index is 10.9. The van der Waals surface area contributed by atoms with Gasteiger partial charge in [0.15, 0.2) is 6.07 Å². The molecule has 1 rings (SSSR count). The average molecular weight is 216 g/mol. The molecular formula is C13H16N2O. The van der Waals surface area contributed by atoms with Crippen molar-refractivity contribution in [2.45, 2.75) is 26.2 Å². The van der Waals surface area contributed by atoms with Gasteiger partial charge >= 0.3 is 5.91 Å². The van der Waals surface area contributed by atoms with Crippen LogP contribution in [-0.4, -0.2) is 12.5 Å². The molecule has 0 aliphatic heterocycles. The molecule has 1 amide bonds. The summed E-state index contributed by atoms with van der Waals surface area (Å²) in [6.45, 7) is 6.57. The number of hydrogen-bond acceptors (Lipinski definition) is 2. The van der Waals surface area contributed by atoms with Gasteiger partial charge in [0.2, 0.25) is 0 Å². The Hall–Kier alpha value is -1.82. The van der Waals surface area contributed by atoms with Crippen LogP contribution in [0.2, 0.25) is 0 Å². The van der Waals surface area contributed by atoms with E-state index in [1.54, 1.807) is 6.07 Å². The van der Waals surface area contributed by atoms with Crippen molar-refractivity contribution in [1.82, 2.24) is 5.32 Å². The van der Waals surface area contributed by atoms with Gasteiger partial charge in [-0.05, 0) is 12.5 Å². The molecule has 3 nitrogen and oxygen atoms in total. The predicted octanol–water partition coefficient (Wildman–Crippen LogP) is 1.91. The van der Waals surface area contributed by atoms with E-state index in [1.807, 2.05) is 45.0 Å². The summed E-state index contributed by atoms with van der Waals surface area (Å²) in [5.74, 6) is -0.583. The number of amides is 1. The van der Waals surface area contributed by atoms with Crippen LogP contribution in [0.4, 0.5) is 0 Å². The largest absolute Gasteiger partial charge is 0.343 e. The van der Waals surface area contributed by atoms with E-state index >= 15 is 0 Å². The van der Waals surface area contributed by atoms with Crippen molar-refractivity contribution in [1.29, 1.82) is 5.26 Å². The van der Waals surface area contributed by atoms with Gasteiger partial charge < -0.3 is 5.32 Å². The summed E-state index contributed by atoms with van der Waals surface area (Å²) in [4.78, 5) is 10.9. The summed E-state index contributed by atoms with van der Waals surface area (Å²) in [7, 11) is 0. The third-order valence-electron chi connectivity index (χ3n) is 2.63. The second kappa shape index (κ2) is 4.80. The molecule has 3 heteroatoms. The Morgan fingerprint density at radius 2 is 1.94 bits per heavy atom. The molecule has 0 fully saturated rings. The highest BCUT2D eigenvalue weighted by Gasteiger charge is 2.20. The van der Waals surface area contributed by atoms with Gasteiger partial charge in [0, 0.05) is 12.0 Å². The van der Waals surface area contributed by atoms with Gasteiger partial charge in [-0.15, -0.1) is 0 Å². The van der Waals surface area contributed by atoms with Crippen molar-refractivity contribution in [3.8, 4) is 6.07 Å². The van der Waals surface area contributed by atoms with Gasteiger partial charge in [0.05, 0.1) is 0 Å². The van der Waals surface area contributed by atoms with Crippen molar-refractivity contribution in [2.24, 2.45) is 0 Å². The lowest BCUT2D eigenvalue weighted by Gasteiger charge is -2.25. The molecule has 16 heavy (non-hydrogen) atoms. The summed E-state index contributed by atoms with van der Waals surface area (Å²) in [5.41, 5.74) is 2.19. The van der Waals surface area contributed by atoms with E-state index in [4.69, 9.17) is 5.26 Å². The topological polar surface area (TPSA) is 52.9 Å². The molecule has 0 saturated carbocycles. The van der Waals surface area contributed by atoms with Gasteiger partial charge in [-0.1, -0.05) is 43.7 Å². The SMILES string of the molecule is Cc1ccc(C(C)(C)CNC(=O)C#N)cc1. The molecule has 0 saturated heterocycles. The molecule has 0 aliphatic rings. The average Bonchev–Trinajstić information content (AvgIpc) is 2.26. The van der Waals surface area contributed by atoms with Crippen molar-refractivity contribution in [3.05, 3.63) is 35.4 Å². The lowest BCUT2D eigenvalue weighted by molar-refractivity contribution is -0.116. The number of nitrogens with one attached hydrogen (secondary N) is 1. The second-order valence-corrected chi connectivity index (χ2v) is 4.54. The van der Waals surface area contributed by atoms with Crippen LogP contribution in [-0.2, 0) is 10.2 Å². The quantitative estimate of drug-likeness (QED) is 0.785. The molecular weight excluding hydrogens is 200 g/mol. The van der Waals surface area contributed by atoms with Crippen LogP contribution in [0.15, 0.2) is 24.3 Å². The Morgan fingerprint density at radius 3 is 2.44 bits per heavy atom. The van der Waals surface area contributed by atoms with E-state index in [0.29, 0.717) is 6.54 Å². The summed E-state index contributed by atoms with van der Waals surface area (Å²) < 4.78 is 0. The van der Waals surface area contributed by atoms with E-state index in [-0.39, 0.29) is 5.41 Å². The Labute approximate surface area is 96.1 Å². The first-order chi connectivity index (χ1) is 7.45. The standard InChI is InChI=1S/C13H16N2O/c1-10-4-6-11(7-5-10)13(2,3)9-15-12(16)8-14/h4-7H,9H2,1-3H3,(H,15,16). The summed E-state index contributed by atoms with van der Waals surface area (Å²) in [6.07, 6.45) is 0. The Kier molecular flexibility index (Phi) is 3.68. The molecule has 84 valence electrons. The summed E-state index contributed by atoms with van der Waals surface area (Å²) in [5, 5.41) is 11.0. The zero-order chi connectivity index (χ0) is 12.2. The number of nitrogens with zero attached hydrogens (tertiary/aromatic N) is 1. The van der Waals surface area contributed by atoms with E-state index in [9.17, 15) is 4.79 Å². The van der Waals surface area contributed by atoms with Gasteiger partial charge in [-0.2, -0.15) is 5.26 Å². The first-order valence-corrected chi connectivity index (χ1v) is 5.21. The summed E-state index contributed by atoms with van der Waals surface area (Å²) >= 11 is 0. The van der Waals surface area contributed by atoms with Crippen molar-refractivity contribution in [3.63, 3.8) is 0 Å². The number of carbonyl (C=O) groups excluding carboxylic acids is 1. The highest BCUT2D eigenvalue weighted by molar-refractivity contribution is 5.91. The molecule has 1 aromatic rings. The van der Waals surface area contributed by atoms with Crippen LogP contribution >= 0.6 is 0 Å². The monoisotopic (exact) mass is 216 g/mol. The van der Waals surface area contributed by atoms with E-state index in [2.05, 4.69) is 5.32 Å². The molecule has 0 aromatic heterocycles. The molecule has 0 spiro atoms. The number of carbonyl (C=O) groups is 1. The Morgan fingerprint density at radius 1 is 1.38 bits per heavy atom. The van der Waals surface area contributed by atoms with E-state index in [1.165, 1.54) is 5.56 Å². The Bertz CT molecular complexity index is 413. The molecule has 1 aromatic carbocycles. The van der Waals surface area contributed by atoms with Gasteiger partial charge in [-0.3, -0.25) is 4.79 Å². The van der Waals surface area contributed by atoms with Gasteiger partial charge in [0.1, 0.15) is 0 Å². The van der Waals surface area contributed by atoms with Crippen molar-refractivity contribution in [2.75, 3.05) is 6.54 Å². The fraction of sp³-hybridized carbons (Fsp3) is 0.385. The third-order valence-corrected chi connectivity index (χ3v) is 2.63. The van der Waals surface area contributed by atoms with Crippen LogP contribution < -0.4 is 5.32 Å². The first-order valence-electron chi connectivity index (χ1n) is 5.21. The normalized spacial score (nSPS) is 10.6. The van der Waals surface area contributed by atoms with Crippen LogP contribution in [0.25, 0.3) is 0 Å². The van der Waals surface area contributed by atoms with Crippen LogP contribution in [0.1, 0.15) is 25.0 Å². The van der Waals surface area contributed by atoms with Crippen molar-refractivity contribution >= 4 is 5.91 Å². The maximum Gasteiger partial charge on any atom is 0.322 e. The number of hydrogen-bond donors (Lipinski definition) is 1. The van der Waals surface area contributed by atoms with Crippen LogP contribution in [0, 0.1) is 18.3 Å². The lowest BCUT2D eigenvalue weighted by Crippen LogP contribution is -2.35.